The minimum absolute atomic E-state index is 0.120. The second-order valence-corrected chi connectivity index (χ2v) is 9.74. The molecule has 0 aliphatic carbocycles. The Morgan fingerprint density at radius 3 is 2.50 bits per heavy atom. The van der Waals surface area contributed by atoms with Gasteiger partial charge in [0.1, 0.15) is 11.4 Å². The van der Waals surface area contributed by atoms with Crippen LogP contribution in [0.15, 0.2) is 54.6 Å². The molecule has 0 radical (unpaired) electrons. The van der Waals surface area contributed by atoms with E-state index in [-0.39, 0.29) is 17.7 Å². The molecule has 1 amide bonds. The number of nitrogens with zero attached hydrogens (tertiary/aromatic N) is 4. The molecule has 3 N–H and O–H groups in total. The number of phenolic OH excluding ortho intramolecular Hbond substituents is 1. The summed E-state index contributed by atoms with van der Waals surface area (Å²) in [6.07, 6.45) is -0.255. The number of piperazine rings is 1. The number of aromatic nitrogens is 2. The molecule has 4 rings (SSSR count). The summed E-state index contributed by atoms with van der Waals surface area (Å²) >= 11 is 0. The first-order chi connectivity index (χ1) is 17.2. The van der Waals surface area contributed by atoms with Crippen LogP contribution < -0.4 is 5.73 Å². The van der Waals surface area contributed by atoms with Crippen LogP contribution in [0.25, 0.3) is 11.3 Å². The molecule has 36 heavy (non-hydrogen) atoms. The highest BCUT2D eigenvalue weighted by atomic mass is 16.6. The fraction of sp³-hybridized carbons (Fsp3) is 0.321. The Bertz CT molecular complexity index is 1300. The SMILES string of the molecule is CC(C)(C)OC(=O)N1CCN(Cc2cccc(C#Cc3cc(-c4ccccc4O)nnc3N)c2)CC1. The predicted octanol–water partition coefficient (Wildman–Crippen LogP) is 3.88. The van der Waals surface area contributed by atoms with E-state index in [1.54, 1.807) is 29.2 Å². The Kier molecular flexibility index (Phi) is 7.41. The van der Waals surface area contributed by atoms with Gasteiger partial charge in [-0.2, -0.15) is 0 Å². The molecule has 1 saturated heterocycles. The largest absolute Gasteiger partial charge is 0.507 e. The normalized spacial score (nSPS) is 14.1. The van der Waals surface area contributed by atoms with Crippen LogP contribution in [0, 0.1) is 11.8 Å². The molecule has 1 aromatic heterocycles. The van der Waals surface area contributed by atoms with Gasteiger partial charge in [-0.05, 0) is 56.7 Å². The van der Waals surface area contributed by atoms with E-state index < -0.39 is 5.60 Å². The molecule has 0 saturated carbocycles. The van der Waals surface area contributed by atoms with Crippen LogP contribution >= 0.6 is 0 Å². The highest BCUT2D eigenvalue weighted by Gasteiger charge is 2.25. The van der Waals surface area contributed by atoms with Crippen molar-refractivity contribution in [1.29, 1.82) is 0 Å². The van der Waals surface area contributed by atoms with Crippen LogP contribution in [0.1, 0.15) is 37.5 Å². The summed E-state index contributed by atoms with van der Waals surface area (Å²) in [7, 11) is 0. The van der Waals surface area contributed by atoms with Crippen molar-refractivity contribution < 1.29 is 14.6 Å². The van der Waals surface area contributed by atoms with Crippen LogP contribution in [0.4, 0.5) is 10.6 Å². The van der Waals surface area contributed by atoms with E-state index in [1.165, 1.54) is 0 Å². The smallest absolute Gasteiger partial charge is 0.410 e. The fourth-order valence-electron chi connectivity index (χ4n) is 3.88. The Hall–Kier alpha value is -4.09. The summed E-state index contributed by atoms with van der Waals surface area (Å²) in [6.45, 7) is 9.25. The van der Waals surface area contributed by atoms with Crippen molar-refractivity contribution in [2.75, 3.05) is 31.9 Å². The number of nitrogen functional groups attached to an aromatic ring is 1. The maximum Gasteiger partial charge on any atom is 0.410 e. The molecular weight excluding hydrogens is 454 g/mol. The minimum atomic E-state index is -0.489. The van der Waals surface area contributed by atoms with E-state index in [4.69, 9.17) is 10.5 Å². The average Bonchev–Trinajstić information content (AvgIpc) is 2.84. The summed E-state index contributed by atoms with van der Waals surface area (Å²) in [5.74, 6) is 6.62. The third kappa shape index (κ3) is 6.52. The summed E-state index contributed by atoms with van der Waals surface area (Å²) < 4.78 is 5.48. The van der Waals surface area contributed by atoms with Gasteiger partial charge in [0, 0.05) is 43.9 Å². The number of ether oxygens (including phenoxy) is 1. The molecule has 1 fully saturated rings. The summed E-state index contributed by atoms with van der Waals surface area (Å²) in [6, 6.07) is 16.7. The maximum atomic E-state index is 12.3. The average molecular weight is 486 g/mol. The second-order valence-electron chi connectivity index (χ2n) is 9.74. The first-order valence-electron chi connectivity index (χ1n) is 11.9. The quantitative estimate of drug-likeness (QED) is 0.543. The monoisotopic (exact) mass is 485 g/mol. The van der Waals surface area contributed by atoms with E-state index in [0.29, 0.717) is 29.9 Å². The number of phenols is 1. The highest BCUT2D eigenvalue weighted by molar-refractivity contribution is 5.69. The van der Waals surface area contributed by atoms with E-state index in [1.807, 2.05) is 39.0 Å². The lowest BCUT2D eigenvalue weighted by atomic mass is 10.1. The van der Waals surface area contributed by atoms with Crippen molar-refractivity contribution >= 4 is 11.9 Å². The van der Waals surface area contributed by atoms with Crippen molar-refractivity contribution in [1.82, 2.24) is 20.0 Å². The van der Waals surface area contributed by atoms with Crippen LogP contribution in [0.3, 0.4) is 0 Å². The first kappa shape index (κ1) is 25.0. The minimum Gasteiger partial charge on any atom is -0.507 e. The van der Waals surface area contributed by atoms with Crippen molar-refractivity contribution in [3.63, 3.8) is 0 Å². The molecule has 1 aliphatic rings. The topological polar surface area (TPSA) is 105 Å². The Labute approximate surface area is 211 Å². The van der Waals surface area contributed by atoms with Gasteiger partial charge in [-0.25, -0.2) is 4.79 Å². The maximum absolute atomic E-state index is 12.3. The number of hydrogen-bond donors (Lipinski definition) is 2. The van der Waals surface area contributed by atoms with Gasteiger partial charge in [0.25, 0.3) is 0 Å². The molecule has 1 aliphatic heterocycles. The molecule has 3 aromatic rings. The lowest BCUT2D eigenvalue weighted by Gasteiger charge is -2.35. The molecule has 2 aromatic carbocycles. The lowest BCUT2D eigenvalue weighted by molar-refractivity contribution is 0.0139. The van der Waals surface area contributed by atoms with Crippen molar-refractivity contribution in [2.24, 2.45) is 0 Å². The number of anilines is 1. The highest BCUT2D eigenvalue weighted by Crippen LogP contribution is 2.27. The fourth-order valence-corrected chi connectivity index (χ4v) is 3.88. The van der Waals surface area contributed by atoms with Gasteiger partial charge in [0.15, 0.2) is 5.82 Å². The molecule has 0 unspecified atom stereocenters. The number of aromatic hydroxyl groups is 1. The molecule has 0 bridgehead atoms. The number of nitrogens with two attached hydrogens (primary N) is 1. The summed E-state index contributed by atoms with van der Waals surface area (Å²) in [5, 5.41) is 18.2. The zero-order valence-electron chi connectivity index (χ0n) is 20.9. The third-order valence-electron chi connectivity index (χ3n) is 5.70. The van der Waals surface area contributed by atoms with Crippen molar-refractivity contribution in [3.05, 3.63) is 71.3 Å². The van der Waals surface area contributed by atoms with Gasteiger partial charge in [-0.1, -0.05) is 36.1 Å². The van der Waals surface area contributed by atoms with Gasteiger partial charge in [0.2, 0.25) is 0 Å². The van der Waals surface area contributed by atoms with Crippen LogP contribution in [0.2, 0.25) is 0 Å². The van der Waals surface area contributed by atoms with Gasteiger partial charge in [-0.15, -0.1) is 10.2 Å². The van der Waals surface area contributed by atoms with Crippen molar-refractivity contribution in [3.8, 4) is 28.8 Å². The molecule has 186 valence electrons. The van der Waals surface area contributed by atoms with Crippen LogP contribution in [-0.4, -0.2) is 63.0 Å². The second kappa shape index (κ2) is 10.7. The van der Waals surface area contributed by atoms with E-state index in [2.05, 4.69) is 39.1 Å². The predicted molar refractivity (Wildman–Crippen MR) is 139 cm³/mol. The van der Waals surface area contributed by atoms with Gasteiger partial charge in [-0.3, -0.25) is 4.90 Å². The standard InChI is InChI=1S/C28H31N5O3/c1-28(2,3)36-27(35)33-15-13-32(14-16-33)19-21-8-6-7-20(17-21)11-12-22-18-24(30-31-26(22)29)23-9-4-5-10-25(23)34/h4-10,17-18,34H,13-16,19H2,1-3H3,(H2,29,31). The van der Waals surface area contributed by atoms with E-state index >= 15 is 0 Å². The number of carbonyl (C=O) groups excluding carboxylic acids is 1. The lowest BCUT2D eigenvalue weighted by Crippen LogP contribution is -2.49. The van der Waals surface area contributed by atoms with Crippen LogP contribution in [-0.2, 0) is 11.3 Å². The Balaban J connectivity index is 1.41. The summed E-state index contributed by atoms with van der Waals surface area (Å²) in [4.78, 5) is 16.4. The number of benzene rings is 2. The number of rotatable bonds is 3. The number of carbonyl (C=O) groups is 1. The van der Waals surface area contributed by atoms with E-state index in [0.717, 1.165) is 30.8 Å². The third-order valence-corrected chi connectivity index (χ3v) is 5.70. The summed E-state index contributed by atoms with van der Waals surface area (Å²) in [5.41, 5.74) is 9.15. The molecule has 0 atom stereocenters. The molecule has 8 heteroatoms. The molecule has 0 spiro atoms. The van der Waals surface area contributed by atoms with E-state index in [9.17, 15) is 9.90 Å². The molecule has 8 nitrogen and oxygen atoms in total. The Morgan fingerprint density at radius 2 is 1.78 bits per heavy atom. The number of para-hydroxylation sites is 1. The zero-order chi connectivity index (χ0) is 25.7. The zero-order valence-corrected chi connectivity index (χ0v) is 20.9. The van der Waals surface area contributed by atoms with Crippen molar-refractivity contribution in [2.45, 2.75) is 32.9 Å². The molecular formula is C28H31N5O3. The number of hydrogen-bond acceptors (Lipinski definition) is 7. The van der Waals surface area contributed by atoms with Gasteiger partial charge in [0.05, 0.1) is 11.3 Å². The molecule has 2 heterocycles. The Morgan fingerprint density at radius 1 is 1.03 bits per heavy atom. The van der Waals surface area contributed by atoms with Gasteiger partial charge >= 0.3 is 6.09 Å². The number of amides is 1. The first-order valence-corrected chi connectivity index (χ1v) is 11.9. The van der Waals surface area contributed by atoms with Crippen LogP contribution in [0.5, 0.6) is 5.75 Å². The van der Waals surface area contributed by atoms with Gasteiger partial charge < -0.3 is 20.5 Å².